The number of nitrogens with one attached hydrogen (secondary N) is 1. The number of benzene rings is 1. The summed E-state index contributed by atoms with van der Waals surface area (Å²) in [6.45, 7) is 6.04. The highest BCUT2D eigenvalue weighted by Crippen LogP contribution is 2.34. The number of morpholine rings is 1. The van der Waals surface area contributed by atoms with Crippen molar-refractivity contribution in [1.29, 1.82) is 0 Å². The molecule has 1 amide bonds. The van der Waals surface area contributed by atoms with E-state index in [4.69, 9.17) is 15.5 Å². The zero-order chi connectivity index (χ0) is 25.2. The van der Waals surface area contributed by atoms with Crippen molar-refractivity contribution in [2.45, 2.75) is 19.4 Å². The van der Waals surface area contributed by atoms with Crippen LogP contribution < -0.4 is 16.0 Å². The third kappa shape index (κ3) is 5.27. The molecule has 2 saturated heterocycles. The molecule has 0 spiro atoms. The van der Waals surface area contributed by atoms with E-state index in [1.807, 2.05) is 18.2 Å². The molecule has 6 rings (SSSR count). The Hall–Kier alpha value is -3.60. The summed E-state index contributed by atoms with van der Waals surface area (Å²) in [5.41, 5.74) is 10.4. The Morgan fingerprint density at radius 3 is 2.68 bits per heavy atom. The summed E-state index contributed by atoms with van der Waals surface area (Å²) in [5, 5.41) is 4.15. The van der Waals surface area contributed by atoms with Crippen molar-refractivity contribution < 1.29 is 9.53 Å². The fraction of sp³-hybridized carbons (Fsp3) is 0.333. The SMILES string of the molecule is Nc1ccc(-c2cccc(C(=O)Nc3cc4sc(N5CCOCC5)nc4cc3CN3CCCC3)n2)cn1. The first-order valence-corrected chi connectivity index (χ1v) is 13.4. The zero-order valence-corrected chi connectivity index (χ0v) is 21.3. The van der Waals surface area contributed by atoms with Crippen molar-refractivity contribution in [2.24, 2.45) is 0 Å². The van der Waals surface area contributed by atoms with Gasteiger partial charge in [-0.1, -0.05) is 17.4 Å². The fourth-order valence-electron chi connectivity index (χ4n) is 4.79. The Morgan fingerprint density at radius 2 is 1.89 bits per heavy atom. The van der Waals surface area contributed by atoms with Crippen molar-refractivity contribution in [2.75, 3.05) is 55.3 Å². The number of pyridine rings is 2. The van der Waals surface area contributed by atoms with Crippen LogP contribution in [0.15, 0.2) is 48.7 Å². The Morgan fingerprint density at radius 1 is 1.05 bits per heavy atom. The van der Waals surface area contributed by atoms with Crippen molar-refractivity contribution in [1.82, 2.24) is 19.9 Å². The minimum atomic E-state index is -0.245. The van der Waals surface area contributed by atoms with Crippen molar-refractivity contribution in [3.05, 3.63) is 59.9 Å². The topological polar surface area (TPSA) is 110 Å². The number of nitrogens with two attached hydrogens (primary N) is 1. The molecule has 0 radical (unpaired) electrons. The number of aromatic nitrogens is 3. The summed E-state index contributed by atoms with van der Waals surface area (Å²) in [4.78, 5) is 31.7. The number of nitrogen functional groups attached to an aromatic ring is 1. The quantitative estimate of drug-likeness (QED) is 0.396. The molecule has 10 heteroatoms. The first-order chi connectivity index (χ1) is 18.1. The van der Waals surface area contributed by atoms with Crippen LogP contribution in [0, 0.1) is 0 Å². The monoisotopic (exact) mass is 515 g/mol. The van der Waals surface area contributed by atoms with Gasteiger partial charge in [0.25, 0.3) is 5.91 Å². The number of carbonyl (C=O) groups excluding carboxylic acids is 1. The third-order valence-electron chi connectivity index (χ3n) is 6.79. The Balaban J connectivity index is 1.30. The van der Waals surface area contributed by atoms with Crippen LogP contribution in [0.3, 0.4) is 0 Å². The van der Waals surface area contributed by atoms with E-state index >= 15 is 0 Å². The van der Waals surface area contributed by atoms with Gasteiger partial charge in [0.05, 0.1) is 29.1 Å². The van der Waals surface area contributed by atoms with Gasteiger partial charge in [-0.2, -0.15) is 0 Å². The van der Waals surface area contributed by atoms with E-state index in [1.165, 1.54) is 12.8 Å². The predicted molar refractivity (Wildman–Crippen MR) is 147 cm³/mol. The van der Waals surface area contributed by atoms with E-state index in [9.17, 15) is 4.79 Å². The van der Waals surface area contributed by atoms with Crippen LogP contribution in [-0.2, 0) is 11.3 Å². The standard InChI is InChI=1S/C27H29N7O2S/c28-25-7-6-18(16-29-25)20-4-3-5-21(30-20)26(35)31-22-15-24-23(14-19(22)17-33-8-1-2-9-33)32-27(37-24)34-10-12-36-13-11-34/h3-7,14-16H,1-2,8-13,17H2,(H2,28,29)(H,31,35). The molecule has 3 aromatic heterocycles. The number of thiazole rings is 1. The van der Waals surface area contributed by atoms with E-state index < -0.39 is 0 Å². The summed E-state index contributed by atoms with van der Waals surface area (Å²) >= 11 is 1.65. The molecule has 9 nitrogen and oxygen atoms in total. The summed E-state index contributed by atoms with van der Waals surface area (Å²) in [5.74, 6) is 0.198. The molecule has 0 saturated carbocycles. The van der Waals surface area contributed by atoms with E-state index in [-0.39, 0.29) is 5.91 Å². The van der Waals surface area contributed by atoms with Crippen LogP contribution in [0.5, 0.6) is 0 Å². The van der Waals surface area contributed by atoms with Crippen LogP contribution in [0.25, 0.3) is 21.5 Å². The maximum Gasteiger partial charge on any atom is 0.274 e. The first-order valence-electron chi connectivity index (χ1n) is 12.6. The van der Waals surface area contributed by atoms with Crippen LogP contribution in [0.1, 0.15) is 28.9 Å². The minimum Gasteiger partial charge on any atom is -0.384 e. The first kappa shape index (κ1) is 23.8. The zero-order valence-electron chi connectivity index (χ0n) is 20.5. The van der Waals surface area contributed by atoms with Gasteiger partial charge < -0.3 is 20.7 Å². The van der Waals surface area contributed by atoms with Gasteiger partial charge in [-0.25, -0.2) is 15.0 Å². The van der Waals surface area contributed by atoms with Crippen LogP contribution in [0.2, 0.25) is 0 Å². The number of amides is 1. The molecule has 5 heterocycles. The number of hydrogen-bond donors (Lipinski definition) is 2. The maximum absolute atomic E-state index is 13.4. The Kier molecular flexibility index (Phi) is 6.69. The molecule has 0 bridgehead atoms. The number of ether oxygens (including phenoxy) is 1. The number of likely N-dealkylation sites (tertiary alicyclic amines) is 1. The van der Waals surface area contributed by atoms with Gasteiger partial charge in [-0.3, -0.25) is 9.69 Å². The average molecular weight is 516 g/mol. The number of hydrogen-bond acceptors (Lipinski definition) is 9. The van der Waals surface area contributed by atoms with Gasteiger partial charge in [-0.05, 0) is 67.9 Å². The molecule has 0 aliphatic carbocycles. The van der Waals surface area contributed by atoms with Gasteiger partial charge in [0.1, 0.15) is 11.5 Å². The largest absolute Gasteiger partial charge is 0.384 e. The average Bonchev–Trinajstić information content (AvgIpc) is 3.60. The highest BCUT2D eigenvalue weighted by molar-refractivity contribution is 7.22. The number of rotatable bonds is 6. The minimum absolute atomic E-state index is 0.245. The molecule has 2 fully saturated rings. The highest BCUT2D eigenvalue weighted by atomic mass is 32.1. The lowest BCUT2D eigenvalue weighted by molar-refractivity contribution is 0.102. The van der Waals surface area contributed by atoms with Gasteiger partial charge in [0, 0.05) is 37.1 Å². The summed E-state index contributed by atoms with van der Waals surface area (Å²) < 4.78 is 6.56. The van der Waals surface area contributed by atoms with Gasteiger partial charge >= 0.3 is 0 Å². The molecule has 190 valence electrons. The van der Waals surface area contributed by atoms with Gasteiger partial charge in [0.15, 0.2) is 5.13 Å². The normalized spacial score (nSPS) is 16.4. The summed E-state index contributed by atoms with van der Waals surface area (Å²) in [6.07, 6.45) is 4.08. The number of carbonyl (C=O) groups is 1. The predicted octanol–water partition coefficient (Wildman–Crippen LogP) is 4.02. The Labute approximate surface area is 219 Å². The van der Waals surface area contributed by atoms with Crippen LogP contribution in [0.4, 0.5) is 16.6 Å². The van der Waals surface area contributed by atoms with Gasteiger partial charge in [-0.15, -0.1) is 0 Å². The molecule has 0 unspecified atom stereocenters. The number of fused-ring (bicyclic) bond motifs is 1. The highest BCUT2D eigenvalue weighted by Gasteiger charge is 2.20. The molecular weight excluding hydrogens is 486 g/mol. The van der Waals surface area contributed by atoms with E-state index in [0.717, 1.165) is 78.1 Å². The second-order valence-electron chi connectivity index (χ2n) is 9.39. The molecule has 2 aliphatic heterocycles. The molecule has 2 aliphatic rings. The van der Waals surface area contributed by atoms with Crippen LogP contribution >= 0.6 is 11.3 Å². The molecule has 3 N–H and O–H groups in total. The fourth-order valence-corrected chi connectivity index (χ4v) is 5.83. The van der Waals surface area contributed by atoms with E-state index in [2.05, 4.69) is 37.2 Å². The maximum atomic E-state index is 13.4. The molecular formula is C27H29N7O2S. The lowest BCUT2D eigenvalue weighted by atomic mass is 10.1. The number of anilines is 3. The summed E-state index contributed by atoms with van der Waals surface area (Å²) in [6, 6.07) is 13.2. The molecule has 1 aromatic carbocycles. The van der Waals surface area contributed by atoms with E-state index in [1.54, 1.807) is 29.7 Å². The van der Waals surface area contributed by atoms with Crippen molar-refractivity contribution in [3.63, 3.8) is 0 Å². The van der Waals surface area contributed by atoms with Crippen molar-refractivity contribution in [3.8, 4) is 11.3 Å². The van der Waals surface area contributed by atoms with Crippen LogP contribution in [-0.4, -0.2) is 65.2 Å². The van der Waals surface area contributed by atoms with Gasteiger partial charge in [0.2, 0.25) is 0 Å². The molecule has 37 heavy (non-hydrogen) atoms. The Bertz CT molecular complexity index is 1410. The lowest BCUT2D eigenvalue weighted by Crippen LogP contribution is -2.36. The summed E-state index contributed by atoms with van der Waals surface area (Å²) in [7, 11) is 0. The molecule has 0 atom stereocenters. The van der Waals surface area contributed by atoms with E-state index in [0.29, 0.717) is 17.2 Å². The second kappa shape index (κ2) is 10.4. The lowest BCUT2D eigenvalue weighted by Gasteiger charge is -2.25. The third-order valence-corrected chi connectivity index (χ3v) is 7.87. The second-order valence-corrected chi connectivity index (χ2v) is 10.4. The number of nitrogens with zero attached hydrogens (tertiary/aromatic N) is 5. The molecule has 4 aromatic rings. The van der Waals surface area contributed by atoms with Crippen molar-refractivity contribution >= 4 is 44.1 Å². The smallest absolute Gasteiger partial charge is 0.274 e.